The van der Waals surface area contributed by atoms with Crippen LogP contribution in [0.1, 0.15) is 39.9 Å². The fourth-order valence-corrected chi connectivity index (χ4v) is 3.10. The molecule has 1 heterocycles. The number of aryl methyl sites for hydroxylation is 1. The molecule has 5 heteroatoms. The van der Waals surface area contributed by atoms with Crippen molar-refractivity contribution < 1.29 is 0 Å². The Bertz CT molecular complexity index is 656. The predicted molar refractivity (Wildman–Crippen MR) is 93.8 cm³/mol. The lowest BCUT2D eigenvalue weighted by molar-refractivity contribution is 0.387. The minimum atomic E-state index is -0.106. The smallest absolute Gasteiger partial charge is 0.132 e. The molecule has 2 aromatic rings. The van der Waals surface area contributed by atoms with Crippen molar-refractivity contribution >= 4 is 33.3 Å². The average Bonchev–Trinajstić information content (AvgIpc) is 2.69. The number of imidazole rings is 1. The lowest BCUT2D eigenvalue weighted by Crippen LogP contribution is -2.25. The Labute approximate surface area is 139 Å². The summed E-state index contributed by atoms with van der Waals surface area (Å²) in [6.07, 6.45) is 1.93. The number of nitrogen functional groups attached to an aromatic ring is 1. The lowest BCUT2D eigenvalue weighted by Gasteiger charge is -2.25. The van der Waals surface area contributed by atoms with Crippen molar-refractivity contribution in [1.29, 1.82) is 0 Å². The minimum Gasteiger partial charge on any atom is -0.383 e. The van der Waals surface area contributed by atoms with Crippen LogP contribution in [0.4, 0.5) is 5.82 Å². The Morgan fingerprint density at radius 2 is 2.00 bits per heavy atom. The molecule has 0 radical (unpaired) electrons. The number of nitrogens with two attached hydrogens (primary N) is 1. The van der Waals surface area contributed by atoms with Gasteiger partial charge in [0.1, 0.15) is 17.3 Å². The van der Waals surface area contributed by atoms with Crippen molar-refractivity contribution in [3.05, 3.63) is 33.5 Å². The molecule has 0 unspecified atom stereocenters. The van der Waals surface area contributed by atoms with Gasteiger partial charge in [0, 0.05) is 27.0 Å². The van der Waals surface area contributed by atoms with Gasteiger partial charge >= 0.3 is 0 Å². The zero-order valence-corrected chi connectivity index (χ0v) is 15.2. The van der Waals surface area contributed by atoms with Crippen molar-refractivity contribution in [1.82, 2.24) is 9.55 Å². The molecule has 0 aliphatic heterocycles. The molecule has 0 atom stereocenters. The topological polar surface area (TPSA) is 43.8 Å². The highest BCUT2D eigenvalue weighted by Crippen LogP contribution is 2.36. The van der Waals surface area contributed by atoms with E-state index in [9.17, 15) is 0 Å². The molecular weight excluding hydrogens is 350 g/mol. The van der Waals surface area contributed by atoms with Crippen LogP contribution in [-0.2, 0) is 12.0 Å². The van der Waals surface area contributed by atoms with E-state index in [0.717, 1.165) is 34.4 Å². The van der Waals surface area contributed by atoms with Gasteiger partial charge in [0.25, 0.3) is 0 Å². The van der Waals surface area contributed by atoms with Crippen LogP contribution < -0.4 is 5.73 Å². The quantitative estimate of drug-likeness (QED) is 0.801. The number of hydrogen-bond acceptors (Lipinski definition) is 2. The molecule has 0 bridgehead atoms. The van der Waals surface area contributed by atoms with Gasteiger partial charge in [-0.05, 0) is 45.4 Å². The zero-order chi connectivity index (χ0) is 15.8. The predicted octanol–water partition coefficient (Wildman–Crippen LogP) is 5.26. The summed E-state index contributed by atoms with van der Waals surface area (Å²) in [7, 11) is 0. The number of anilines is 1. The number of benzene rings is 1. The van der Waals surface area contributed by atoms with Crippen LogP contribution in [0.3, 0.4) is 0 Å². The maximum atomic E-state index is 6.41. The summed E-state index contributed by atoms with van der Waals surface area (Å²) in [5.41, 5.74) is 8.03. The first-order valence-corrected chi connectivity index (χ1v) is 8.25. The summed E-state index contributed by atoms with van der Waals surface area (Å²) < 4.78 is 3.07. The standard InChI is InChI=1S/C16H21BrClN3/c1-5-6-13-20-14(15(19)21(13)16(2,3)4)11-9-10(18)7-8-12(11)17/h7-9H,5-6,19H2,1-4H3. The fourth-order valence-electron chi connectivity index (χ4n) is 2.50. The van der Waals surface area contributed by atoms with E-state index < -0.39 is 0 Å². The van der Waals surface area contributed by atoms with Gasteiger partial charge in [-0.1, -0.05) is 34.5 Å². The van der Waals surface area contributed by atoms with E-state index in [0.29, 0.717) is 10.8 Å². The summed E-state index contributed by atoms with van der Waals surface area (Å²) in [6.45, 7) is 8.57. The van der Waals surface area contributed by atoms with E-state index in [1.807, 2.05) is 18.2 Å². The largest absolute Gasteiger partial charge is 0.383 e. The first kappa shape index (κ1) is 16.4. The number of hydrogen-bond donors (Lipinski definition) is 1. The number of aromatic nitrogens is 2. The van der Waals surface area contributed by atoms with Gasteiger partial charge in [-0.3, -0.25) is 0 Å². The second-order valence-corrected chi connectivity index (χ2v) is 7.43. The summed E-state index contributed by atoms with van der Waals surface area (Å²) in [5.74, 6) is 1.71. The molecule has 0 saturated carbocycles. The van der Waals surface area contributed by atoms with Gasteiger partial charge in [0.05, 0.1) is 0 Å². The molecule has 0 amide bonds. The third-order valence-corrected chi connectivity index (χ3v) is 4.24. The third-order valence-electron chi connectivity index (χ3n) is 3.31. The Balaban J connectivity index is 2.68. The Kier molecular flexibility index (Phi) is 4.69. The van der Waals surface area contributed by atoms with Crippen molar-refractivity contribution in [2.24, 2.45) is 0 Å². The van der Waals surface area contributed by atoms with Gasteiger partial charge in [-0.15, -0.1) is 0 Å². The van der Waals surface area contributed by atoms with Crippen molar-refractivity contribution in [2.75, 3.05) is 5.73 Å². The van der Waals surface area contributed by atoms with Gasteiger partial charge in [0.2, 0.25) is 0 Å². The van der Waals surface area contributed by atoms with Crippen LogP contribution in [0, 0.1) is 0 Å². The second-order valence-electron chi connectivity index (χ2n) is 6.14. The van der Waals surface area contributed by atoms with Crippen LogP contribution in [0.25, 0.3) is 11.3 Å². The monoisotopic (exact) mass is 369 g/mol. The van der Waals surface area contributed by atoms with Crippen molar-refractivity contribution in [2.45, 2.75) is 46.1 Å². The molecular formula is C16H21BrClN3. The van der Waals surface area contributed by atoms with E-state index >= 15 is 0 Å². The molecule has 0 aliphatic rings. The number of rotatable bonds is 3. The van der Waals surface area contributed by atoms with Crippen molar-refractivity contribution in [3.63, 3.8) is 0 Å². The molecule has 0 saturated heterocycles. The molecule has 2 N–H and O–H groups in total. The second kappa shape index (κ2) is 6.01. The van der Waals surface area contributed by atoms with E-state index in [1.54, 1.807) is 0 Å². The van der Waals surface area contributed by atoms with Crippen LogP contribution in [0.2, 0.25) is 5.02 Å². The Morgan fingerprint density at radius 3 is 2.57 bits per heavy atom. The van der Waals surface area contributed by atoms with E-state index in [2.05, 4.69) is 48.2 Å². The molecule has 114 valence electrons. The highest BCUT2D eigenvalue weighted by atomic mass is 79.9. The molecule has 2 rings (SSSR count). The van der Waals surface area contributed by atoms with E-state index in [-0.39, 0.29) is 5.54 Å². The summed E-state index contributed by atoms with van der Waals surface area (Å²) in [5, 5.41) is 0.676. The highest BCUT2D eigenvalue weighted by Gasteiger charge is 2.25. The minimum absolute atomic E-state index is 0.106. The molecule has 0 fully saturated rings. The van der Waals surface area contributed by atoms with Gasteiger partial charge in [-0.25, -0.2) is 4.98 Å². The highest BCUT2D eigenvalue weighted by molar-refractivity contribution is 9.10. The van der Waals surface area contributed by atoms with Crippen LogP contribution in [-0.4, -0.2) is 9.55 Å². The number of halogens is 2. The molecule has 1 aromatic heterocycles. The molecule has 0 aliphatic carbocycles. The van der Waals surface area contributed by atoms with Crippen LogP contribution >= 0.6 is 27.5 Å². The maximum absolute atomic E-state index is 6.41. The summed E-state index contributed by atoms with van der Waals surface area (Å²) in [6, 6.07) is 5.67. The van der Waals surface area contributed by atoms with E-state index in [4.69, 9.17) is 22.3 Å². The average molecular weight is 371 g/mol. The van der Waals surface area contributed by atoms with Crippen LogP contribution in [0.15, 0.2) is 22.7 Å². The third kappa shape index (κ3) is 3.27. The van der Waals surface area contributed by atoms with E-state index in [1.165, 1.54) is 0 Å². The fraction of sp³-hybridized carbons (Fsp3) is 0.438. The van der Waals surface area contributed by atoms with Gasteiger partial charge < -0.3 is 10.3 Å². The van der Waals surface area contributed by atoms with Crippen molar-refractivity contribution in [3.8, 4) is 11.3 Å². The van der Waals surface area contributed by atoms with Gasteiger partial charge in [-0.2, -0.15) is 0 Å². The number of nitrogens with zero attached hydrogens (tertiary/aromatic N) is 2. The first-order valence-electron chi connectivity index (χ1n) is 7.08. The molecule has 3 nitrogen and oxygen atoms in total. The Hall–Kier alpha value is -1.00. The maximum Gasteiger partial charge on any atom is 0.132 e. The Morgan fingerprint density at radius 1 is 1.33 bits per heavy atom. The lowest BCUT2D eigenvalue weighted by atomic mass is 10.1. The van der Waals surface area contributed by atoms with Gasteiger partial charge in [0.15, 0.2) is 0 Å². The SMILES string of the molecule is CCCc1nc(-c2cc(Cl)ccc2Br)c(N)n1C(C)(C)C. The zero-order valence-electron chi connectivity index (χ0n) is 12.9. The molecule has 0 spiro atoms. The normalized spacial score (nSPS) is 11.9. The summed E-state index contributed by atoms with van der Waals surface area (Å²) >= 11 is 9.68. The first-order chi connectivity index (χ1) is 9.75. The molecule has 21 heavy (non-hydrogen) atoms. The molecule has 1 aromatic carbocycles. The summed E-state index contributed by atoms with van der Waals surface area (Å²) in [4.78, 5) is 4.79. The van der Waals surface area contributed by atoms with Crippen LogP contribution in [0.5, 0.6) is 0 Å².